The van der Waals surface area contributed by atoms with Gasteiger partial charge in [-0.15, -0.1) is 0 Å². The Morgan fingerprint density at radius 3 is 2.44 bits per heavy atom. The minimum absolute atomic E-state index is 0.161. The summed E-state index contributed by atoms with van der Waals surface area (Å²) < 4.78 is 15.5. The predicted molar refractivity (Wildman–Crippen MR) is 104 cm³/mol. The molecule has 6 nitrogen and oxygen atoms in total. The molecule has 1 heterocycles. The standard InChI is InChI=1S/C20H26ClNO5/c1-13-6-5-7-14(2)22(13)18(23)12-27-19(24)9-8-15-10-16(21)20(26-4)17(11-15)25-3/h8-11,13-14H,5-7,12H2,1-4H3/b9-8+/t13-,14+. The average Bonchev–Trinajstić information content (AvgIpc) is 2.64. The third-order valence-electron chi connectivity index (χ3n) is 4.69. The summed E-state index contributed by atoms with van der Waals surface area (Å²) >= 11 is 6.14. The van der Waals surface area contributed by atoms with Crippen LogP contribution in [0.4, 0.5) is 0 Å². The molecule has 0 aromatic heterocycles. The number of halogens is 1. The molecule has 0 spiro atoms. The molecular weight excluding hydrogens is 370 g/mol. The Morgan fingerprint density at radius 2 is 1.85 bits per heavy atom. The van der Waals surface area contributed by atoms with E-state index in [2.05, 4.69) is 0 Å². The molecule has 1 aliphatic rings. The van der Waals surface area contributed by atoms with E-state index in [1.54, 1.807) is 18.2 Å². The zero-order valence-electron chi connectivity index (χ0n) is 16.2. The van der Waals surface area contributed by atoms with Crippen LogP contribution in [0.15, 0.2) is 18.2 Å². The number of hydrogen-bond acceptors (Lipinski definition) is 5. The van der Waals surface area contributed by atoms with Crippen molar-refractivity contribution in [3.05, 3.63) is 28.8 Å². The van der Waals surface area contributed by atoms with E-state index < -0.39 is 5.97 Å². The largest absolute Gasteiger partial charge is 0.493 e. The number of carbonyl (C=O) groups is 2. The maximum absolute atomic E-state index is 12.4. The monoisotopic (exact) mass is 395 g/mol. The highest BCUT2D eigenvalue weighted by atomic mass is 35.5. The van der Waals surface area contributed by atoms with Crippen LogP contribution in [0.25, 0.3) is 6.08 Å². The minimum Gasteiger partial charge on any atom is -0.493 e. The van der Waals surface area contributed by atoms with Crippen molar-refractivity contribution < 1.29 is 23.8 Å². The van der Waals surface area contributed by atoms with Crippen LogP contribution in [0.3, 0.4) is 0 Å². The molecule has 7 heteroatoms. The van der Waals surface area contributed by atoms with E-state index in [1.807, 2.05) is 18.7 Å². The zero-order valence-corrected chi connectivity index (χ0v) is 16.9. The maximum Gasteiger partial charge on any atom is 0.331 e. The van der Waals surface area contributed by atoms with Gasteiger partial charge in [-0.25, -0.2) is 4.79 Å². The molecule has 27 heavy (non-hydrogen) atoms. The van der Waals surface area contributed by atoms with Crippen molar-refractivity contribution in [2.45, 2.75) is 45.2 Å². The van der Waals surface area contributed by atoms with Gasteiger partial charge in [0, 0.05) is 18.2 Å². The summed E-state index contributed by atoms with van der Waals surface area (Å²) in [6.07, 6.45) is 5.87. The summed E-state index contributed by atoms with van der Waals surface area (Å²) in [6.45, 7) is 3.79. The number of hydrogen-bond donors (Lipinski definition) is 0. The number of methoxy groups -OCH3 is 2. The summed E-state index contributed by atoms with van der Waals surface area (Å²) in [5, 5.41) is 0.369. The summed E-state index contributed by atoms with van der Waals surface area (Å²) in [6, 6.07) is 3.68. The van der Waals surface area contributed by atoms with Crippen LogP contribution in [0, 0.1) is 0 Å². The Morgan fingerprint density at radius 1 is 1.19 bits per heavy atom. The molecule has 2 atom stereocenters. The molecule has 148 valence electrons. The van der Waals surface area contributed by atoms with Gasteiger partial charge in [0.1, 0.15) is 0 Å². The quantitative estimate of drug-likeness (QED) is 0.542. The molecule has 0 aliphatic carbocycles. The van der Waals surface area contributed by atoms with E-state index in [0.29, 0.717) is 22.1 Å². The van der Waals surface area contributed by atoms with Crippen LogP contribution in [0.2, 0.25) is 5.02 Å². The van der Waals surface area contributed by atoms with Gasteiger partial charge in [0.2, 0.25) is 0 Å². The van der Waals surface area contributed by atoms with Crippen molar-refractivity contribution >= 4 is 29.6 Å². The Kier molecular flexibility index (Phi) is 7.54. The summed E-state index contributed by atoms with van der Waals surface area (Å²) in [4.78, 5) is 26.1. The molecule has 0 unspecified atom stereocenters. The predicted octanol–water partition coefficient (Wildman–Crippen LogP) is 3.70. The lowest BCUT2D eigenvalue weighted by Crippen LogP contribution is -2.49. The van der Waals surface area contributed by atoms with Gasteiger partial charge in [0.15, 0.2) is 18.1 Å². The number of piperidine rings is 1. The van der Waals surface area contributed by atoms with E-state index in [9.17, 15) is 9.59 Å². The molecule has 2 rings (SSSR count). The average molecular weight is 396 g/mol. The van der Waals surface area contributed by atoms with E-state index in [4.69, 9.17) is 25.8 Å². The number of esters is 1. The lowest BCUT2D eigenvalue weighted by molar-refractivity contribution is -0.151. The van der Waals surface area contributed by atoms with E-state index in [1.165, 1.54) is 20.3 Å². The van der Waals surface area contributed by atoms with Crippen molar-refractivity contribution in [3.63, 3.8) is 0 Å². The lowest BCUT2D eigenvalue weighted by atomic mass is 9.97. The number of carbonyl (C=O) groups excluding carboxylic acids is 2. The highest BCUT2D eigenvalue weighted by Gasteiger charge is 2.29. The molecule has 1 saturated heterocycles. The normalized spacial score (nSPS) is 19.8. The van der Waals surface area contributed by atoms with Gasteiger partial charge in [-0.3, -0.25) is 4.79 Å². The second-order valence-corrected chi connectivity index (χ2v) is 7.02. The van der Waals surface area contributed by atoms with E-state index in [0.717, 1.165) is 19.3 Å². The molecule has 1 aromatic carbocycles. The molecule has 1 aliphatic heterocycles. The molecule has 1 fully saturated rings. The Hall–Kier alpha value is -2.21. The van der Waals surface area contributed by atoms with Crippen molar-refractivity contribution in [1.29, 1.82) is 0 Å². The molecule has 0 N–H and O–H groups in total. The fraction of sp³-hybridized carbons (Fsp3) is 0.500. The fourth-order valence-electron chi connectivity index (χ4n) is 3.37. The zero-order chi connectivity index (χ0) is 20.0. The second-order valence-electron chi connectivity index (χ2n) is 6.61. The smallest absolute Gasteiger partial charge is 0.331 e. The van der Waals surface area contributed by atoms with Crippen LogP contribution in [0.5, 0.6) is 11.5 Å². The third-order valence-corrected chi connectivity index (χ3v) is 4.97. The topological polar surface area (TPSA) is 65.1 Å². The number of ether oxygens (including phenoxy) is 3. The Bertz CT molecular complexity index is 709. The number of amides is 1. The molecule has 0 bridgehead atoms. The first-order chi connectivity index (χ1) is 12.9. The van der Waals surface area contributed by atoms with Crippen molar-refractivity contribution in [1.82, 2.24) is 4.90 Å². The van der Waals surface area contributed by atoms with Crippen LogP contribution < -0.4 is 9.47 Å². The lowest BCUT2D eigenvalue weighted by Gasteiger charge is -2.38. The molecule has 0 radical (unpaired) electrons. The molecule has 1 amide bonds. The number of nitrogens with zero attached hydrogens (tertiary/aromatic N) is 1. The summed E-state index contributed by atoms with van der Waals surface area (Å²) in [7, 11) is 3.00. The third kappa shape index (κ3) is 5.39. The van der Waals surface area contributed by atoms with Crippen molar-refractivity contribution in [2.75, 3.05) is 20.8 Å². The Labute approximate surface area is 165 Å². The first kappa shape index (κ1) is 21.1. The van der Waals surface area contributed by atoms with Gasteiger partial charge in [0.05, 0.1) is 19.2 Å². The molecular formula is C20H26ClNO5. The van der Waals surface area contributed by atoms with Crippen LogP contribution in [-0.2, 0) is 14.3 Å². The number of benzene rings is 1. The van der Waals surface area contributed by atoms with Gasteiger partial charge in [-0.1, -0.05) is 11.6 Å². The highest BCUT2D eigenvalue weighted by molar-refractivity contribution is 6.32. The Balaban J connectivity index is 1.95. The van der Waals surface area contributed by atoms with Crippen molar-refractivity contribution in [2.24, 2.45) is 0 Å². The van der Waals surface area contributed by atoms with E-state index in [-0.39, 0.29) is 24.6 Å². The minimum atomic E-state index is -0.591. The number of likely N-dealkylation sites (tertiary alicyclic amines) is 1. The van der Waals surface area contributed by atoms with Crippen LogP contribution >= 0.6 is 11.6 Å². The fourth-order valence-corrected chi connectivity index (χ4v) is 3.66. The van der Waals surface area contributed by atoms with Gasteiger partial charge < -0.3 is 19.1 Å². The number of rotatable bonds is 6. The first-order valence-electron chi connectivity index (χ1n) is 8.94. The molecule has 0 saturated carbocycles. The van der Waals surface area contributed by atoms with Crippen molar-refractivity contribution in [3.8, 4) is 11.5 Å². The van der Waals surface area contributed by atoms with Gasteiger partial charge in [0.25, 0.3) is 5.91 Å². The van der Waals surface area contributed by atoms with Crippen LogP contribution in [-0.4, -0.2) is 49.7 Å². The van der Waals surface area contributed by atoms with Gasteiger partial charge in [-0.2, -0.15) is 0 Å². The summed E-state index contributed by atoms with van der Waals surface area (Å²) in [5.74, 6) is 0.132. The van der Waals surface area contributed by atoms with E-state index >= 15 is 0 Å². The first-order valence-corrected chi connectivity index (χ1v) is 9.32. The second kappa shape index (κ2) is 9.65. The SMILES string of the molecule is COc1cc(/C=C/C(=O)OCC(=O)N2[C@H](C)CCC[C@@H]2C)cc(Cl)c1OC. The van der Waals surface area contributed by atoms with Crippen LogP contribution in [0.1, 0.15) is 38.7 Å². The molecule has 1 aromatic rings. The van der Waals surface area contributed by atoms with Gasteiger partial charge in [-0.05, 0) is 56.9 Å². The van der Waals surface area contributed by atoms with Gasteiger partial charge >= 0.3 is 5.97 Å². The maximum atomic E-state index is 12.4. The highest BCUT2D eigenvalue weighted by Crippen LogP contribution is 2.36. The summed E-state index contributed by atoms with van der Waals surface area (Å²) in [5.41, 5.74) is 0.652.